The van der Waals surface area contributed by atoms with Crippen molar-refractivity contribution in [1.82, 2.24) is 14.8 Å². The summed E-state index contributed by atoms with van der Waals surface area (Å²) in [6.45, 7) is 2.98. The first kappa shape index (κ1) is 13.8. The van der Waals surface area contributed by atoms with Gasteiger partial charge >= 0.3 is 0 Å². The van der Waals surface area contributed by atoms with Crippen molar-refractivity contribution in [1.29, 1.82) is 0 Å². The van der Waals surface area contributed by atoms with E-state index in [4.69, 9.17) is 16.3 Å². The lowest BCUT2D eigenvalue weighted by Crippen LogP contribution is -2.09. The van der Waals surface area contributed by atoms with Crippen molar-refractivity contribution in [3.05, 3.63) is 41.7 Å². The van der Waals surface area contributed by atoms with E-state index in [-0.39, 0.29) is 18.2 Å². The van der Waals surface area contributed by atoms with Gasteiger partial charge in [0.2, 0.25) is 0 Å². The summed E-state index contributed by atoms with van der Waals surface area (Å²) in [5.41, 5.74) is 0.628. The van der Waals surface area contributed by atoms with Gasteiger partial charge in [-0.1, -0.05) is 19.1 Å². The summed E-state index contributed by atoms with van der Waals surface area (Å²) in [7, 11) is 0. The zero-order chi connectivity index (χ0) is 13.7. The van der Waals surface area contributed by atoms with Crippen LogP contribution in [0.1, 0.15) is 24.7 Å². The Balaban J connectivity index is 2.12. The molecular weight excluding hydrogens is 269 g/mol. The highest BCUT2D eigenvalue weighted by Gasteiger charge is 2.11. The molecule has 0 aliphatic heterocycles. The molecule has 2 rings (SSSR count). The summed E-state index contributed by atoms with van der Waals surface area (Å²) < 4.78 is 20.9. The molecule has 0 atom stereocenters. The summed E-state index contributed by atoms with van der Waals surface area (Å²) in [6, 6.07) is 4.70. The summed E-state index contributed by atoms with van der Waals surface area (Å²) in [5, 5.41) is 4.09. The van der Waals surface area contributed by atoms with Crippen molar-refractivity contribution < 1.29 is 9.13 Å². The van der Waals surface area contributed by atoms with Crippen LogP contribution in [0.25, 0.3) is 0 Å². The van der Waals surface area contributed by atoms with Gasteiger partial charge in [-0.3, -0.25) is 0 Å². The second-order valence-corrected chi connectivity index (χ2v) is 4.32. The predicted octanol–water partition coefficient (Wildman–Crippen LogP) is 3.15. The predicted molar refractivity (Wildman–Crippen MR) is 70.6 cm³/mol. The summed E-state index contributed by atoms with van der Waals surface area (Å²) in [5.74, 6) is 0.642. The maximum atomic E-state index is 13.7. The van der Waals surface area contributed by atoms with Crippen LogP contribution in [-0.4, -0.2) is 14.8 Å². The summed E-state index contributed by atoms with van der Waals surface area (Å²) >= 11 is 5.77. The first-order valence-corrected chi connectivity index (χ1v) is 6.62. The third-order valence-corrected chi connectivity index (χ3v) is 2.96. The third-order valence-electron chi connectivity index (χ3n) is 2.67. The zero-order valence-corrected chi connectivity index (χ0v) is 11.4. The normalized spacial score (nSPS) is 10.7. The number of halogens is 2. The van der Waals surface area contributed by atoms with E-state index in [1.165, 1.54) is 12.4 Å². The van der Waals surface area contributed by atoms with E-state index in [0.29, 0.717) is 11.4 Å². The molecule has 0 saturated carbocycles. The third kappa shape index (κ3) is 3.23. The summed E-state index contributed by atoms with van der Waals surface area (Å²) in [6.07, 6.45) is 2.42. The highest BCUT2D eigenvalue weighted by molar-refractivity contribution is 6.17. The standard InChI is InChI=1S/C13H15ClFN3O/c1-2-6-18-12(16-9-17-18)8-19-13-10(7-14)4-3-5-11(13)15/h3-5,9H,2,6-8H2,1H3. The monoisotopic (exact) mass is 283 g/mol. The second-order valence-electron chi connectivity index (χ2n) is 4.05. The van der Waals surface area contributed by atoms with Crippen LogP contribution in [-0.2, 0) is 19.0 Å². The van der Waals surface area contributed by atoms with Crippen molar-refractivity contribution in [2.24, 2.45) is 0 Å². The molecule has 0 fully saturated rings. The molecule has 0 aliphatic carbocycles. The van der Waals surface area contributed by atoms with Gasteiger partial charge in [-0.2, -0.15) is 5.10 Å². The Bertz CT molecular complexity index is 544. The number of hydrogen-bond donors (Lipinski definition) is 0. The fourth-order valence-corrected chi connectivity index (χ4v) is 1.97. The number of para-hydroxylation sites is 1. The van der Waals surface area contributed by atoms with Crippen LogP contribution in [0.2, 0.25) is 0 Å². The van der Waals surface area contributed by atoms with Gasteiger partial charge in [0.1, 0.15) is 12.9 Å². The summed E-state index contributed by atoms with van der Waals surface area (Å²) in [4.78, 5) is 4.11. The Hall–Kier alpha value is -1.62. The minimum absolute atomic E-state index is 0.171. The molecule has 0 aliphatic rings. The SMILES string of the molecule is CCCn1ncnc1COc1c(F)cccc1CCl. The largest absolute Gasteiger partial charge is 0.482 e. The topological polar surface area (TPSA) is 39.9 Å². The highest BCUT2D eigenvalue weighted by Crippen LogP contribution is 2.24. The fraction of sp³-hybridized carbons (Fsp3) is 0.385. The molecule has 0 N–H and O–H groups in total. The highest BCUT2D eigenvalue weighted by atomic mass is 35.5. The van der Waals surface area contributed by atoms with Gasteiger partial charge in [-0.25, -0.2) is 14.1 Å². The van der Waals surface area contributed by atoms with E-state index in [1.54, 1.807) is 16.8 Å². The molecule has 0 bridgehead atoms. The molecule has 0 amide bonds. The van der Waals surface area contributed by atoms with Gasteiger partial charge in [-0.15, -0.1) is 11.6 Å². The van der Waals surface area contributed by atoms with Crippen molar-refractivity contribution in [3.63, 3.8) is 0 Å². The Morgan fingerprint density at radius 3 is 3.00 bits per heavy atom. The number of ether oxygens (including phenoxy) is 1. The smallest absolute Gasteiger partial charge is 0.165 e. The van der Waals surface area contributed by atoms with Crippen LogP contribution in [0, 0.1) is 5.82 Å². The molecule has 1 heterocycles. The zero-order valence-electron chi connectivity index (χ0n) is 10.6. The van der Waals surface area contributed by atoms with E-state index in [9.17, 15) is 4.39 Å². The first-order chi connectivity index (χ1) is 9.26. The average molecular weight is 284 g/mol. The van der Waals surface area contributed by atoms with Gasteiger partial charge in [0.15, 0.2) is 17.4 Å². The van der Waals surface area contributed by atoms with Gasteiger partial charge < -0.3 is 4.74 Å². The molecule has 6 heteroatoms. The van der Waals surface area contributed by atoms with Gasteiger partial charge in [0.25, 0.3) is 0 Å². The van der Waals surface area contributed by atoms with Crippen molar-refractivity contribution >= 4 is 11.6 Å². The van der Waals surface area contributed by atoms with Crippen LogP contribution < -0.4 is 4.74 Å². The number of benzene rings is 1. The maximum Gasteiger partial charge on any atom is 0.165 e. The number of rotatable bonds is 6. The maximum absolute atomic E-state index is 13.7. The van der Waals surface area contributed by atoms with Crippen LogP contribution in [0.4, 0.5) is 4.39 Å². The van der Waals surface area contributed by atoms with E-state index >= 15 is 0 Å². The molecule has 19 heavy (non-hydrogen) atoms. The lowest BCUT2D eigenvalue weighted by Gasteiger charge is -2.11. The molecule has 102 valence electrons. The number of hydrogen-bond acceptors (Lipinski definition) is 3. The fourth-order valence-electron chi connectivity index (χ4n) is 1.76. The van der Waals surface area contributed by atoms with E-state index in [1.807, 2.05) is 0 Å². The minimum Gasteiger partial charge on any atom is -0.482 e. The van der Waals surface area contributed by atoms with Gasteiger partial charge in [0, 0.05) is 12.1 Å². The number of aromatic nitrogens is 3. The molecule has 0 spiro atoms. The first-order valence-electron chi connectivity index (χ1n) is 6.09. The second kappa shape index (κ2) is 6.52. The molecule has 0 radical (unpaired) electrons. The van der Waals surface area contributed by atoms with E-state index in [2.05, 4.69) is 17.0 Å². The lowest BCUT2D eigenvalue weighted by molar-refractivity contribution is 0.270. The van der Waals surface area contributed by atoms with Crippen molar-refractivity contribution in [2.45, 2.75) is 32.4 Å². The molecular formula is C13H15ClFN3O. The quantitative estimate of drug-likeness (QED) is 0.765. The molecule has 0 saturated heterocycles. The average Bonchev–Trinajstić information content (AvgIpc) is 2.85. The lowest BCUT2D eigenvalue weighted by atomic mass is 10.2. The van der Waals surface area contributed by atoms with Gasteiger partial charge in [0.05, 0.1) is 5.88 Å². The molecule has 1 aromatic carbocycles. The van der Waals surface area contributed by atoms with Crippen LogP contribution in [0.15, 0.2) is 24.5 Å². The van der Waals surface area contributed by atoms with Gasteiger partial charge in [-0.05, 0) is 12.5 Å². The molecule has 2 aromatic rings. The van der Waals surface area contributed by atoms with Crippen molar-refractivity contribution in [3.8, 4) is 5.75 Å². The Kier molecular flexibility index (Phi) is 4.74. The van der Waals surface area contributed by atoms with Crippen LogP contribution in [0.5, 0.6) is 5.75 Å². The number of nitrogens with zero attached hydrogens (tertiary/aromatic N) is 3. The molecule has 4 nitrogen and oxygen atoms in total. The molecule has 0 unspecified atom stereocenters. The van der Waals surface area contributed by atoms with Crippen molar-refractivity contribution in [2.75, 3.05) is 0 Å². The number of aryl methyl sites for hydroxylation is 1. The Morgan fingerprint density at radius 2 is 2.26 bits per heavy atom. The minimum atomic E-state index is -0.417. The Morgan fingerprint density at radius 1 is 1.42 bits per heavy atom. The van der Waals surface area contributed by atoms with Crippen LogP contribution in [0.3, 0.4) is 0 Å². The molecule has 1 aromatic heterocycles. The van der Waals surface area contributed by atoms with Crippen LogP contribution >= 0.6 is 11.6 Å². The Labute approximate surface area is 116 Å². The van der Waals surface area contributed by atoms with E-state index in [0.717, 1.165) is 13.0 Å². The number of alkyl halides is 1. The van der Waals surface area contributed by atoms with E-state index < -0.39 is 5.82 Å².